The molecule has 2 aliphatic rings. The van der Waals surface area contributed by atoms with Crippen molar-refractivity contribution in [3.63, 3.8) is 0 Å². The standard InChI is InChI=1S/C18H22N4O2/c1-24-18-5-12-9-22-3-2-21(17(12)7-15(18)20)8-11-4-13(10-23)14(19)6-16(11)22/h4-7,23H,2-3,8-10,19-20H2,1H3. The first-order valence-corrected chi connectivity index (χ1v) is 8.09. The number of aliphatic hydroxyl groups excluding tert-OH is 1. The number of nitrogen functional groups attached to an aromatic ring is 2. The molecule has 0 saturated carbocycles. The molecule has 0 fully saturated rings. The number of aliphatic hydroxyl groups is 1. The zero-order valence-electron chi connectivity index (χ0n) is 13.7. The quantitative estimate of drug-likeness (QED) is 0.728. The Morgan fingerprint density at radius 2 is 1.54 bits per heavy atom. The van der Waals surface area contributed by atoms with Gasteiger partial charge < -0.3 is 31.1 Å². The molecule has 6 nitrogen and oxygen atoms in total. The predicted octanol–water partition coefficient (Wildman–Crippen LogP) is 1.69. The van der Waals surface area contributed by atoms with Crippen LogP contribution in [0.25, 0.3) is 0 Å². The van der Waals surface area contributed by atoms with Crippen molar-refractivity contribution in [3.05, 3.63) is 41.0 Å². The zero-order valence-corrected chi connectivity index (χ0v) is 13.7. The summed E-state index contributed by atoms with van der Waals surface area (Å²) >= 11 is 0. The number of hydrogen-bond acceptors (Lipinski definition) is 6. The van der Waals surface area contributed by atoms with Crippen LogP contribution in [0.1, 0.15) is 16.7 Å². The molecule has 0 unspecified atom stereocenters. The second-order valence-corrected chi connectivity index (χ2v) is 6.40. The van der Waals surface area contributed by atoms with Gasteiger partial charge in [0.2, 0.25) is 0 Å². The van der Waals surface area contributed by atoms with Crippen molar-refractivity contribution in [2.24, 2.45) is 0 Å². The molecule has 24 heavy (non-hydrogen) atoms. The fourth-order valence-electron chi connectivity index (χ4n) is 3.70. The average Bonchev–Trinajstić information content (AvgIpc) is 2.85. The van der Waals surface area contributed by atoms with Crippen molar-refractivity contribution in [1.82, 2.24) is 0 Å². The number of hydrogen-bond donors (Lipinski definition) is 3. The van der Waals surface area contributed by atoms with Crippen LogP contribution >= 0.6 is 0 Å². The molecule has 2 aliphatic heterocycles. The molecule has 0 saturated heterocycles. The van der Waals surface area contributed by atoms with E-state index in [4.69, 9.17) is 16.2 Å². The average molecular weight is 326 g/mol. The summed E-state index contributed by atoms with van der Waals surface area (Å²) in [5.74, 6) is 0.714. The summed E-state index contributed by atoms with van der Waals surface area (Å²) in [5, 5.41) is 9.51. The fourth-order valence-corrected chi connectivity index (χ4v) is 3.70. The van der Waals surface area contributed by atoms with E-state index in [0.29, 0.717) is 17.1 Å². The number of benzene rings is 2. The zero-order chi connectivity index (χ0) is 16.8. The van der Waals surface area contributed by atoms with Gasteiger partial charge in [-0.15, -0.1) is 0 Å². The van der Waals surface area contributed by atoms with Crippen LogP contribution in [0, 0.1) is 0 Å². The molecule has 0 atom stereocenters. The first-order chi connectivity index (χ1) is 11.6. The van der Waals surface area contributed by atoms with Gasteiger partial charge in [0, 0.05) is 48.8 Å². The third kappa shape index (κ3) is 2.22. The van der Waals surface area contributed by atoms with Crippen LogP contribution < -0.4 is 26.0 Å². The molecule has 5 N–H and O–H groups in total. The molecule has 0 aliphatic carbocycles. The molecule has 126 valence electrons. The van der Waals surface area contributed by atoms with E-state index in [1.807, 2.05) is 24.3 Å². The van der Waals surface area contributed by atoms with Crippen LogP contribution in [-0.4, -0.2) is 25.3 Å². The van der Waals surface area contributed by atoms with E-state index in [-0.39, 0.29) is 6.61 Å². The molecule has 2 aromatic rings. The Kier molecular flexibility index (Phi) is 3.42. The highest BCUT2D eigenvalue weighted by atomic mass is 16.5. The van der Waals surface area contributed by atoms with Gasteiger partial charge >= 0.3 is 0 Å². The van der Waals surface area contributed by atoms with Gasteiger partial charge in [0.15, 0.2) is 0 Å². The van der Waals surface area contributed by atoms with E-state index in [2.05, 4.69) is 9.80 Å². The number of nitrogens with zero attached hydrogens (tertiary/aromatic N) is 2. The largest absolute Gasteiger partial charge is 0.495 e. The maximum atomic E-state index is 9.51. The van der Waals surface area contributed by atoms with E-state index in [0.717, 1.165) is 43.1 Å². The first-order valence-electron chi connectivity index (χ1n) is 8.09. The summed E-state index contributed by atoms with van der Waals surface area (Å²) in [6, 6.07) is 8.05. The van der Waals surface area contributed by atoms with Gasteiger partial charge in [-0.3, -0.25) is 0 Å². The van der Waals surface area contributed by atoms with Gasteiger partial charge in [-0.1, -0.05) is 0 Å². The second-order valence-electron chi connectivity index (χ2n) is 6.40. The van der Waals surface area contributed by atoms with Crippen LogP contribution in [0.4, 0.5) is 22.7 Å². The van der Waals surface area contributed by atoms with E-state index in [9.17, 15) is 5.11 Å². The third-order valence-electron chi connectivity index (χ3n) is 4.99. The SMILES string of the molecule is COc1cc2c(cc1N)N1CCN(C2)c2cc(N)c(CO)cc2C1. The van der Waals surface area contributed by atoms with Crippen LogP contribution in [-0.2, 0) is 19.7 Å². The van der Waals surface area contributed by atoms with E-state index >= 15 is 0 Å². The number of nitrogens with two attached hydrogens (primary N) is 2. The maximum absolute atomic E-state index is 9.51. The minimum Gasteiger partial charge on any atom is -0.495 e. The normalized spacial score (nSPS) is 15.6. The Hall–Kier alpha value is -2.60. The molecule has 6 heteroatoms. The lowest BCUT2D eigenvalue weighted by atomic mass is 10.0. The third-order valence-corrected chi connectivity index (χ3v) is 4.99. The number of anilines is 4. The highest BCUT2D eigenvalue weighted by Gasteiger charge is 2.28. The van der Waals surface area contributed by atoms with E-state index < -0.39 is 0 Å². The number of rotatable bonds is 2. The molecule has 0 aromatic heterocycles. The lowest BCUT2D eigenvalue weighted by molar-refractivity contribution is 0.282. The van der Waals surface area contributed by atoms with Crippen LogP contribution in [0.5, 0.6) is 5.75 Å². The van der Waals surface area contributed by atoms with E-state index in [1.165, 1.54) is 11.1 Å². The van der Waals surface area contributed by atoms with Gasteiger partial charge in [-0.2, -0.15) is 0 Å². The van der Waals surface area contributed by atoms with E-state index in [1.54, 1.807) is 7.11 Å². The Labute approximate surface area is 141 Å². The Morgan fingerprint density at radius 1 is 0.958 bits per heavy atom. The molecule has 2 bridgehead atoms. The van der Waals surface area contributed by atoms with Crippen LogP contribution in [0.2, 0.25) is 0 Å². The van der Waals surface area contributed by atoms with Crippen molar-refractivity contribution < 1.29 is 9.84 Å². The van der Waals surface area contributed by atoms with Crippen LogP contribution in [0.15, 0.2) is 24.3 Å². The summed E-state index contributed by atoms with van der Waals surface area (Å²) in [6.07, 6.45) is 0. The predicted molar refractivity (Wildman–Crippen MR) is 96.3 cm³/mol. The topological polar surface area (TPSA) is 88.0 Å². The maximum Gasteiger partial charge on any atom is 0.142 e. The Bertz CT molecular complexity index is 739. The molecular weight excluding hydrogens is 304 g/mol. The van der Waals surface area contributed by atoms with Crippen molar-refractivity contribution >= 4 is 22.7 Å². The summed E-state index contributed by atoms with van der Waals surface area (Å²) in [7, 11) is 1.64. The molecule has 4 rings (SSSR count). The lowest BCUT2D eigenvalue weighted by Gasteiger charge is -2.29. The summed E-state index contributed by atoms with van der Waals surface area (Å²) in [4.78, 5) is 4.68. The van der Waals surface area contributed by atoms with Crippen molar-refractivity contribution in [2.75, 3.05) is 41.5 Å². The number of methoxy groups -OCH3 is 1. The minimum absolute atomic E-state index is 0.0418. The smallest absolute Gasteiger partial charge is 0.142 e. The highest BCUT2D eigenvalue weighted by molar-refractivity contribution is 5.73. The van der Waals surface area contributed by atoms with Gasteiger partial charge in [-0.25, -0.2) is 0 Å². The van der Waals surface area contributed by atoms with Gasteiger partial charge in [0.25, 0.3) is 0 Å². The highest BCUT2D eigenvalue weighted by Crippen LogP contribution is 2.40. The minimum atomic E-state index is -0.0418. The number of fused-ring (bicyclic) bond motifs is 7. The van der Waals surface area contributed by atoms with Gasteiger partial charge in [0.05, 0.1) is 19.4 Å². The lowest BCUT2D eigenvalue weighted by Crippen LogP contribution is -2.26. The molecule has 2 aromatic carbocycles. The molecule has 2 heterocycles. The fraction of sp³-hybridized carbons (Fsp3) is 0.333. The monoisotopic (exact) mass is 326 g/mol. The molecular formula is C18H22N4O2. The van der Waals surface area contributed by atoms with Gasteiger partial charge in [-0.05, 0) is 35.4 Å². The Morgan fingerprint density at radius 3 is 2.12 bits per heavy atom. The second kappa shape index (κ2) is 5.49. The molecule has 0 spiro atoms. The van der Waals surface area contributed by atoms with Crippen molar-refractivity contribution in [1.29, 1.82) is 0 Å². The first kappa shape index (κ1) is 15.0. The summed E-state index contributed by atoms with van der Waals surface area (Å²) < 4.78 is 5.38. The Balaban J connectivity index is 1.84. The number of ether oxygens (including phenoxy) is 1. The van der Waals surface area contributed by atoms with Crippen LogP contribution in [0.3, 0.4) is 0 Å². The van der Waals surface area contributed by atoms with Crippen molar-refractivity contribution in [2.45, 2.75) is 19.7 Å². The summed E-state index contributed by atoms with van der Waals surface area (Å²) in [6.45, 7) is 3.36. The van der Waals surface area contributed by atoms with Crippen molar-refractivity contribution in [3.8, 4) is 5.75 Å². The molecule has 0 radical (unpaired) electrons. The molecule has 0 amide bonds. The summed E-state index contributed by atoms with van der Waals surface area (Å²) in [5.41, 5.74) is 19.0. The van der Waals surface area contributed by atoms with Gasteiger partial charge in [0.1, 0.15) is 5.75 Å².